The monoisotopic (exact) mass is 288 g/mol. The van der Waals surface area contributed by atoms with Crippen molar-refractivity contribution >= 4 is 33.2 Å². The van der Waals surface area contributed by atoms with Crippen molar-refractivity contribution in [1.82, 2.24) is 10.6 Å². The van der Waals surface area contributed by atoms with Crippen LogP contribution in [-0.4, -0.2) is 19.0 Å². The molecule has 1 heterocycles. The van der Waals surface area contributed by atoms with E-state index in [9.17, 15) is 4.79 Å². The Kier molecular flexibility index (Phi) is 5.60. The Morgan fingerprint density at radius 1 is 1.67 bits per heavy atom. The second-order valence-electron chi connectivity index (χ2n) is 2.93. The maximum Gasteiger partial charge on any atom is 0.234 e. The summed E-state index contributed by atoms with van der Waals surface area (Å²) in [6.45, 7) is 5.13. The first-order valence-corrected chi connectivity index (χ1v) is 6.21. The number of nitrogens with one attached hydrogen (secondary N) is 2. The molecule has 0 saturated heterocycles. The van der Waals surface area contributed by atoms with Crippen molar-refractivity contribution in [2.45, 2.75) is 6.54 Å². The number of carbonyl (C=O) groups excluding carboxylic acids is 1. The maximum absolute atomic E-state index is 11.3. The van der Waals surface area contributed by atoms with E-state index >= 15 is 0 Å². The zero-order valence-corrected chi connectivity index (χ0v) is 10.7. The molecule has 5 heteroatoms. The first-order chi connectivity index (χ1) is 7.22. The van der Waals surface area contributed by atoms with Gasteiger partial charge in [0.1, 0.15) is 0 Å². The summed E-state index contributed by atoms with van der Waals surface area (Å²) in [4.78, 5) is 12.4. The molecule has 1 rings (SSSR count). The Morgan fingerprint density at radius 3 is 3.07 bits per heavy atom. The van der Waals surface area contributed by atoms with Crippen LogP contribution in [0.4, 0.5) is 0 Å². The van der Waals surface area contributed by atoms with Crippen molar-refractivity contribution in [2.75, 3.05) is 13.1 Å². The first-order valence-electron chi connectivity index (χ1n) is 4.53. The van der Waals surface area contributed by atoms with E-state index in [0.717, 1.165) is 9.35 Å². The van der Waals surface area contributed by atoms with Gasteiger partial charge in [-0.25, -0.2) is 0 Å². The fourth-order valence-corrected chi connectivity index (χ4v) is 2.37. The molecule has 0 radical (unpaired) electrons. The summed E-state index contributed by atoms with van der Waals surface area (Å²) in [6.07, 6.45) is 1.73. The molecule has 0 fully saturated rings. The number of hydrogen-bond donors (Lipinski definition) is 2. The lowest BCUT2D eigenvalue weighted by atomic mass is 10.4. The van der Waals surface area contributed by atoms with E-state index in [0.29, 0.717) is 19.6 Å². The minimum Gasteiger partial charge on any atom is -0.350 e. The number of halogens is 1. The van der Waals surface area contributed by atoms with Crippen molar-refractivity contribution < 1.29 is 4.79 Å². The molecule has 0 aliphatic rings. The van der Waals surface area contributed by atoms with Crippen LogP contribution >= 0.6 is 27.3 Å². The lowest BCUT2D eigenvalue weighted by Gasteiger charge is -2.03. The van der Waals surface area contributed by atoms with Crippen LogP contribution in [0.2, 0.25) is 0 Å². The number of hydrogen-bond acceptors (Lipinski definition) is 3. The lowest BCUT2D eigenvalue weighted by molar-refractivity contribution is -0.120. The van der Waals surface area contributed by atoms with Crippen molar-refractivity contribution in [3.8, 4) is 0 Å². The van der Waals surface area contributed by atoms with Gasteiger partial charge < -0.3 is 10.6 Å². The van der Waals surface area contributed by atoms with Gasteiger partial charge in [-0.1, -0.05) is 6.08 Å². The Balaban J connectivity index is 2.19. The third-order valence-corrected chi connectivity index (χ3v) is 3.35. The summed E-state index contributed by atoms with van der Waals surface area (Å²) < 4.78 is 1.06. The average molecular weight is 289 g/mol. The Morgan fingerprint density at radius 2 is 2.47 bits per heavy atom. The van der Waals surface area contributed by atoms with Crippen LogP contribution in [-0.2, 0) is 11.3 Å². The summed E-state index contributed by atoms with van der Waals surface area (Å²) in [7, 11) is 0. The third-order valence-electron chi connectivity index (χ3n) is 1.66. The van der Waals surface area contributed by atoms with E-state index in [-0.39, 0.29) is 5.91 Å². The average Bonchev–Trinajstić information content (AvgIpc) is 2.62. The van der Waals surface area contributed by atoms with Gasteiger partial charge in [0.25, 0.3) is 0 Å². The largest absolute Gasteiger partial charge is 0.350 e. The van der Waals surface area contributed by atoms with Gasteiger partial charge in [0.15, 0.2) is 0 Å². The minimum atomic E-state index is 0.00127. The zero-order valence-electron chi connectivity index (χ0n) is 8.25. The van der Waals surface area contributed by atoms with Gasteiger partial charge in [0.05, 0.1) is 13.1 Å². The summed E-state index contributed by atoms with van der Waals surface area (Å²) in [5, 5.41) is 7.76. The zero-order chi connectivity index (χ0) is 11.1. The summed E-state index contributed by atoms with van der Waals surface area (Å²) in [5.41, 5.74) is 0. The van der Waals surface area contributed by atoms with Crippen LogP contribution in [0.25, 0.3) is 0 Å². The normalized spacial score (nSPS) is 9.93. The van der Waals surface area contributed by atoms with E-state index in [1.54, 1.807) is 17.4 Å². The molecule has 0 unspecified atom stereocenters. The highest BCUT2D eigenvalue weighted by molar-refractivity contribution is 9.10. The van der Waals surface area contributed by atoms with Crippen LogP contribution in [0, 0.1) is 0 Å². The van der Waals surface area contributed by atoms with Gasteiger partial charge >= 0.3 is 0 Å². The molecule has 2 N–H and O–H groups in total. The predicted molar refractivity (Wildman–Crippen MR) is 66.9 cm³/mol. The van der Waals surface area contributed by atoms with Crippen LogP contribution < -0.4 is 10.6 Å². The van der Waals surface area contributed by atoms with Crippen LogP contribution in [0.15, 0.2) is 28.6 Å². The van der Waals surface area contributed by atoms with Gasteiger partial charge in [-0.3, -0.25) is 4.79 Å². The Bertz CT molecular complexity index is 338. The molecule has 0 aromatic carbocycles. The highest BCUT2D eigenvalue weighted by Crippen LogP contribution is 2.19. The molecule has 3 nitrogen and oxygen atoms in total. The summed E-state index contributed by atoms with van der Waals surface area (Å²) >= 11 is 4.99. The fourth-order valence-electron chi connectivity index (χ4n) is 0.982. The smallest absolute Gasteiger partial charge is 0.234 e. The van der Waals surface area contributed by atoms with Gasteiger partial charge in [-0.2, -0.15) is 0 Å². The first kappa shape index (κ1) is 12.4. The molecular weight excluding hydrogens is 276 g/mol. The number of amides is 1. The van der Waals surface area contributed by atoms with E-state index in [1.165, 1.54) is 0 Å². The molecule has 1 amide bonds. The maximum atomic E-state index is 11.3. The molecule has 15 heavy (non-hydrogen) atoms. The molecule has 1 aromatic heterocycles. The van der Waals surface area contributed by atoms with Crippen molar-refractivity contribution in [3.05, 3.63) is 33.5 Å². The summed E-state index contributed by atoms with van der Waals surface area (Å²) in [5.74, 6) is 0.00127. The van der Waals surface area contributed by atoms with Crippen molar-refractivity contribution in [2.24, 2.45) is 0 Å². The molecule has 0 aliphatic heterocycles. The van der Waals surface area contributed by atoms with Gasteiger partial charge in [0.2, 0.25) is 5.91 Å². The molecular formula is C10H13BrN2OS. The number of carbonyl (C=O) groups is 1. The fraction of sp³-hybridized carbons (Fsp3) is 0.300. The van der Waals surface area contributed by atoms with Gasteiger partial charge in [-0.15, -0.1) is 17.9 Å². The van der Waals surface area contributed by atoms with Crippen molar-refractivity contribution in [1.29, 1.82) is 0 Å². The standard InChI is InChI=1S/C10H13BrN2OS/c1-2-3-12-6-10(14)13-5-9-4-8(11)7-15-9/h2,4,7,12H,1,3,5-6H2,(H,13,14). The number of thiophene rings is 1. The molecule has 82 valence electrons. The van der Waals surface area contributed by atoms with E-state index in [4.69, 9.17) is 0 Å². The van der Waals surface area contributed by atoms with E-state index in [1.807, 2.05) is 11.4 Å². The quantitative estimate of drug-likeness (QED) is 0.620. The number of rotatable bonds is 6. The van der Waals surface area contributed by atoms with Gasteiger partial charge in [-0.05, 0) is 22.0 Å². The molecule has 0 saturated carbocycles. The predicted octanol–water partition coefficient (Wildman–Crippen LogP) is 1.90. The highest BCUT2D eigenvalue weighted by Gasteiger charge is 2.01. The topological polar surface area (TPSA) is 41.1 Å². The lowest BCUT2D eigenvalue weighted by Crippen LogP contribution is -2.33. The SMILES string of the molecule is C=CCNCC(=O)NCc1cc(Br)cs1. The van der Waals surface area contributed by atoms with Crippen LogP contribution in [0.3, 0.4) is 0 Å². The molecule has 0 aliphatic carbocycles. The summed E-state index contributed by atoms with van der Waals surface area (Å²) in [6, 6.07) is 2.00. The second-order valence-corrected chi connectivity index (χ2v) is 4.84. The van der Waals surface area contributed by atoms with Crippen molar-refractivity contribution in [3.63, 3.8) is 0 Å². The second kappa shape index (κ2) is 6.76. The van der Waals surface area contributed by atoms with Crippen LogP contribution in [0.1, 0.15) is 4.88 Å². The van der Waals surface area contributed by atoms with Crippen LogP contribution in [0.5, 0.6) is 0 Å². The highest BCUT2D eigenvalue weighted by atomic mass is 79.9. The Hall–Kier alpha value is -0.650. The molecule has 0 bridgehead atoms. The van der Waals surface area contributed by atoms with Gasteiger partial charge in [0, 0.05) is 21.3 Å². The van der Waals surface area contributed by atoms with E-state index < -0.39 is 0 Å². The minimum absolute atomic E-state index is 0.00127. The molecule has 0 atom stereocenters. The molecule has 1 aromatic rings. The molecule has 0 spiro atoms. The van der Waals surface area contributed by atoms with E-state index in [2.05, 4.69) is 33.1 Å². The Labute approximate surface area is 102 Å². The third kappa shape index (κ3) is 5.11.